The van der Waals surface area contributed by atoms with Gasteiger partial charge in [0, 0.05) is 12.6 Å². The number of benzene rings is 1. The van der Waals surface area contributed by atoms with Crippen LogP contribution < -0.4 is 16.4 Å². The Kier molecular flexibility index (Phi) is 3.85. The molecule has 0 aliphatic carbocycles. The largest absolute Gasteiger partial charge is 0.385 e. The second kappa shape index (κ2) is 4.93. The number of hydrogen-bond donors (Lipinski definition) is 3. The zero-order valence-corrected chi connectivity index (χ0v) is 8.47. The number of halogens is 1. The van der Waals surface area contributed by atoms with Crippen LogP contribution in [0.25, 0.3) is 0 Å². The van der Waals surface area contributed by atoms with Crippen LogP contribution in [0.4, 0.5) is 10.1 Å². The lowest BCUT2D eigenvalue weighted by Gasteiger charge is -2.17. The van der Waals surface area contributed by atoms with E-state index in [-0.39, 0.29) is 12.0 Å². The Morgan fingerprint density at radius 2 is 2.21 bits per heavy atom. The van der Waals surface area contributed by atoms with Gasteiger partial charge in [0.05, 0.1) is 11.9 Å². The summed E-state index contributed by atoms with van der Waals surface area (Å²) in [6, 6.07) is 4.87. The third-order valence-corrected chi connectivity index (χ3v) is 2.05. The normalized spacial score (nSPS) is 12.6. The summed E-state index contributed by atoms with van der Waals surface area (Å²) in [5.74, 6) is -0.279. The molecule has 0 fully saturated rings. The van der Waals surface area contributed by atoms with Crippen molar-refractivity contribution in [3.63, 3.8) is 0 Å². The molecule has 0 saturated carbocycles. The van der Waals surface area contributed by atoms with Gasteiger partial charge in [-0.2, -0.15) is 0 Å². The van der Waals surface area contributed by atoms with Gasteiger partial charge in [0.2, 0.25) is 0 Å². The molecule has 78 valence electrons. The maximum absolute atomic E-state index is 13.3. The van der Waals surface area contributed by atoms with Gasteiger partial charge in [-0.05, 0) is 12.6 Å². The highest BCUT2D eigenvalue weighted by Gasteiger charge is 2.11. The zero-order valence-electron chi connectivity index (χ0n) is 8.47. The van der Waals surface area contributed by atoms with Crippen LogP contribution in [0.3, 0.4) is 0 Å². The molecule has 1 unspecified atom stereocenters. The number of anilines is 1. The van der Waals surface area contributed by atoms with Crippen molar-refractivity contribution < 1.29 is 4.39 Å². The Balaban J connectivity index is 3.00. The summed E-state index contributed by atoms with van der Waals surface area (Å²) >= 11 is 0. The van der Waals surface area contributed by atoms with Crippen molar-refractivity contribution in [1.29, 1.82) is 0 Å². The maximum atomic E-state index is 13.3. The molecule has 0 amide bonds. The van der Waals surface area contributed by atoms with Gasteiger partial charge in [-0.1, -0.05) is 19.1 Å². The fourth-order valence-electron chi connectivity index (χ4n) is 1.39. The first-order valence-corrected chi connectivity index (χ1v) is 4.65. The van der Waals surface area contributed by atoms with Crippen LogP contribution in [0.1, 0.15) is 18.7 Å². The number of nitrogens with one attached hydrogen (secondary N) is 2. The van der Waals surface area contributed by atoms with Crippen LogP contribution in [0.5, 0.6) is 0 Å². The van der Waals surface area contributed by atoms with Gasteiger partial charge in [0.25, 0.3) is 0 Å². The maximum Gasteiger partial charge on any atom is 0.146 e. The van der Waals surface area contributed by atoms with E-state index in [0.29, 0.717) is 5.69 Å². The minimum atomic E-state index is -0.335. The summed E-state index contributed by atoms with van der Waals surface area (Å²) in [5.41, 5.74) is 7.04. The molecule has 0 radical (unpaired) electrons. The summed E-state index contributed by atoms with van der Waals surface area (Å²) in [7, 11) is 1.68. The van der Waals surface area contributed by atoms with Crippen LogP contribution >= 0.6 is 0 Å². The zero-order chi connectivity index (χ0) is 10.6. The summed E-state index contributed by atoms with van der Waals surface area (Å²) in [6.07, 6.45) is -0.335. The molecule has 3 nitrogen and oxygen atoms in total. The van der Waals surface area contributed by atoms with Crippen molar-refractivity contribution in [2.75, 3.05) is 18.9 Å². The standard InChI is InChI=1S/C10H16FN3/c1-3-14-10(12)7-5-4-6-8(11)9(7)13-2/h4-6,10,13-14H,3,12H2,1-2H3. The van der Waals surface area contributed by atoms with Crippen LogP contribution in [-0.2, 0) is 0 Å². The quantitative estimate of drug-likeness (QED) is 0.640. The monoisotopic (exact) mass is 197 g/mol. The SMILES string of the molecule is CCNC(N)c1cccc(F)c1NC. The highest BCUT2D eigenvalue weighted by atomic mass is 19.1. The number of nitrogens with two attached hydrogens (primary N) is 1. The molecule has 4 N–H and O–H groups in total. The molecule has 0 saturated heterocycles. The van der Waals surface area contributed by atoms with E-state index in [1.54, 1.807) is 13.1 Å². The van der Waals surface area contributed by atoms with Crippen molar-refractivity contribution >= 4 is 5.69 Å². The Morgan fingerprint density at radius 1 is 1.50 bits per heavy atom. The Labute approximate surface area is 83.5 Å². The van der Waals surface area contributed by atoms with E-state index in [1.165, 1.54) is 6.07 Å². The smallest absolute Gasteiger partial charge is 0.146 e. The van der Waals surface area contributed by atoms with E-state index in [2.05, 4.69) is 10.6 Å². The topological polar surface area (TPSA) is 50.1 Å². The fraction of sp³-hybridized carbons (Fsp3) is 0.400. The molecule has 14 heavy (non-hydrogen) atoms. The molecule has 1 rings (SSSR count). The van der Waals surface area contributed by atoms with Gasteiger partial charge in [0.15, 0.2) is 0 Å². The number of para-hydroxylation sites is 1. The van der Waals surface area contributed by atoms with Gasteiger partial charge >= 0.3 is 0 Å². The molecule has 1 aromatic rings. The first-order valence-electron chi connectivity index (χ1n) is 4.65. The van der Waals surface area contributed by atoms with Gasteiger partial charge in [0.1, 0.15) is 5.82 Å². The first kappa shape index (κ1) is 10.9. The van der Waals surface area contributed by atoms with Gasteiger partial charge < -0.3 is 11.1 Å². The molecule has 0 aromatic heterocycles. The van der Waals surface area contributed by atoms with Crippen molar-refractivity contribution in [2.45, 2.75) is 13.1 Å². The summed E-state index contributed by atoms with van der Waals surface area (Å²) in [5, 5.41) is 5.84. The van der Waals surface area contributed by atoms with E-state index < -0.39 is 0 Å². The Morgan fingerprint density at radius 3 is 2.79 bits per heavy atom. The minimum Gasteiger partial charge on any atom is -0.385 e. The lowest BCUT2D eigenvalue weighted by atomic mass is 10.1. The molecule has 4 heteroatoms. The van der Waals surface area contributed by atoms with Crippen LogP contribution in [0.2, 0.25) is 0 Å². The summed E-state index contributed by atoms with van der Waals surface area (Å²) in [4.78, 5) is 0. The van der Waals surface area contributed by atoms with Crippen LogP contribution in [0.15, 0.2) is 18.2 Å². The first-order chi connectivity index (χ1) is 6.70. The third-order valence-electron chi connectivity index (χ3n) is 2.05. The molecular weight excluding hydrogens is 181 g/mol. The number of rotatable bonds is 4. The highest BCUT2D eigenvalue weighted by Crippen LogP contribution is 2.22. The predicted molar refractivity (Wildman–Crippen MR) is 56.6 cm³/mol. The highest BCUT2D eigenvalue weighted by molar-refractivity contribution is 5.53. The van der Waals surface area contributed by atoms with Crippen LogP contribution in [-0.4, -0.2) is 13.6 Å². The molecule has 0 spiro atoms. The van der Waals surface area contributed by atoms with E-state index in [0.717, 1.165) is 12.1 Å². The minimum absolute atomic E-state index is 0.279. The van der Waals surface area contributed by atoms with Crippen molar-refractivity contribution in [3.05, 3.63) is 29.6 Å². The average molecular weight is 197 g/mol. The van der Waals surface area contributed by atoms with Crippen molar-refractivity contribution in [2.24, 2.45) is 5.73 Å². The third kappa shape index (κ3) is 2.21. The molecular formula is C10H16FN3. The molecule has 0 heterocycles. The second-order valence-corrected chi connectivity index (χ2v) is 2.99. The van der Waals surface area contributed by atoms with Gasteiger partial charge in [-0.3, -0.25) is 5.32 Å². The Bertz CT molecular complexity index is 301. The fourth-order valence-corrected chi connectivity index (χ4v) is 1.39. The van der Waals surface area contributed by atoms with Crippen LogP contribution in [0, 0.1) is 5.82 Å². The second-order valence-electron chi connectivity index (χ2n) is 2.99. The summed E-state index contributed by atoms with van der Waals surface area (Å²) in [6.45, 7) is 2.71. The van der Waals surface area contributed by atoms with E-state index in [9.17, 15) is 4.39 Å². The van der Waals surface area contributed by atoms with E-state index >= 15 is 0 Å². The predicted octanol–water partition coefficient (Wildman–Crippen LogP) is 1.43. The van der Waals surface area contributed by atoms with E-state index in [4.69, 9.17) is 5.73 Å². The summed E-state index contributed by atoms with van der Waals surface area (Å²) < 4.78 is 13.3. The van der Waals surface area contributed by atoms with Gasteiger partial charge in [-0.15, -0.1) is 0 Å². The van der Waals surface area contributed by atoms with Crippen molar-refractivity contribution in [3.8, 4) is 0 Å². The molecule has 1 atom stereocenters. The Hall–Kier alpha value is -1.13. The molecule has 0 bridgehead atoms. The lowest BCUT2D eigenvalue weighted by molar-refractivity contribution is 0.566. The number of hydrogen-bond acceptors (Lipinski definition) is 3. The van der Waals surface area contributed by atoms with Crippen molar-refractivity contribution in [1.82, 2.24) is 5.32 Å². The van der Waals surface area contributed by atoms with E-state index in [1.807, 2.05) is 13.0 Å². The molecule has 0 aliphatic heterocycles. The van der Waals surface area contributed by atoms with Gasteiger partial charge in [-0.25, -0.2) is 4.39 Å². The molecule has 0 aliphatic rings. The molecule has 1 aromatic carbocycles. The average Bonchev–Trinajstić information content (AvgIpc) is 2.17. The lowest BCUT2D eigenvalue weighted by Crippen LogP contribution is -2.29.